The summed E-state index contributed by atoms with van der Waals surface area (Å²) in [5, 5.41) is 3.63. The van der Waals surface area contributed by atoms with Gasteiger partial charge in [-0.2, -0.15) is 0 Å². The Bertz CT molecular complexity index is 1350. The highest BCUT2D eigenvalue weighted by Gasteiger charge is 2.27. The first-order valence-electron chi connectivity index (χ1n) is 13.7. The van der Waals surface area contributed by atoms with Crippen molar-refractivity contribution in [2.45, 2.75) is 51.5 Å². The highest BCUT2D eigenvalue weighted by Crippen LogP contribution is 2.41. The maximum atomic E-state index is 15.1. The van der Waals surface area contributed by atoms with Gasteiger partial charge in [0, 0.05) is 30.3 Å². The van der Waals surface area contributed by atoms with Crippen molar-refractivity contribution in [3.8, 4) is 17.0 Å². The van der Waals surface area contributed by atoms with Crippen LogP contribution in [0.2, 0.25) is 0 Å². The molecule has 0 saturated carbocycles. The summed E-state index contributed by atoms with van der Waals surface area (Å²) >= 11 is 0. The van der Waals surface area contributed by atoms with E-state index in [4.69, 9.17) is 4.74 Å². The predicted octanol–water partition coefficient (Wildman–Crippen LogP) is 5.40. The van der Waals surface area contributed by atoms with Crippen molar-refractivity contribution in [1.29, 1.82) is 0 Å². The van der Waals surface area contributed by atoms with Crippen LogP contribution in [0.15, 0.2) is 30.5 Å². The number of fused-ring (bicyclic) bond motifs is 2. The van der Waals surface area contributed by atoms with Gasteiger partial charge in [-0.15, -0.1) is 0 Å². The van der Waals surface area contributed by atoms with E-state index in [1.165, 1.54) is 41.9 Å². The third-order valence-electron chi connectivity index (χ3n) is 8.23. The zero-order valence-electron chi connectivity index (χ0n) is 22.4. The van der Waals surface area contributed by atoms with Crippen LogP contribution in [-0.2, 0) is 12.8 Å². The number of ether oxygens (including phenoxy) is 1. The topological polar surface area (TPSA) is 53.5 Å². The van der Waals surface area contributed by atoms with E-state index in [2.05, 4.69) is 44.3 Å². The Morgan fingerprint density at radius 2 is 1.92 bits per heavy atom. The maximum Gasteiger partial charge on any atom is 0.178 e. The number of piperidine rings is 1. The summed E-state index contributed by atoms with van der Waals surface area (Å²) < 4.78 is 35.7. The molecule has 1 N–H and O–H groups in total. The van der Waals surface area contributed by atoms with Crippen LogP contribution in [0, 0.1) is 11.6 Å². The molecule has 3 aliphatic rings. The number of aromatic nitrogens is 2. The van der Waals surface area contributed by atoms with Gasteiger partial charge in [-0.25, -0.2) is 18.7 Å². The molecule has 200 valence electrons. The average molecular weight is 520 g/mol. The van der Waals surface area contributed by atoms with E-state index in [9.17, 15) is 0 Å². The largest absolute Gasteiger partial charge is 0.486 e. The van der Waals surface area contributed by atoms with Crippen molar-refractivity contribution in [3.63, 3.8) is 0 Å². The second-order valence-corrected chi connectivity index (χ2v) is 11.0. The Kier molecular flexibility index (Phi) is 6.68. The number of halogens is 2. The van der Waals surface area contributed by atoms with Gasteiger partial charge in [-0.3, -0.25) is 0 Å². The van der Waals surface area contributed by atoms with Gasteiger partial charge in [0.2, 0.25) is 0 Å². The van der Waals surface area contributed by atoms with Gasteiger partial charge >= 0.3 is 0 Å². The molecular formula is C30H35F2N5O. The van der Waals surface area contributed by atoms with Crippen molar-refractivity contribution in [2.75, 3.05) is 50.1 Å². The third kappa shape index (κ3) is 4.59. The Morgan fingerprint density at radius 1 is 1.11 bits per heavy atom. The van der Waals surface area contributed by atoms with E-state index >= 15 is 8.78 Å². The summed E-state index contributed by atoms with van der Waals surface area (Å²) in [4.78, 5) is 13.4. The summed E-state index contributed by atoms with van der Waals surface area (Å²) in [5.74, 6) is 0.247. The van der Waals surface area contributed by atoms with Crippen molar-refractivity contribution < 1.29 is 13.5 Å². The smallest absolute Gasteiger partial charge is 0.178 e. The molecule has 4 heterocycles. The molecule has 0 bridgehead atoms. The van der Waals surface area contributed by atoms with E-state index in [-0.39, 0.29) is 17.5 Å². The molecule has 2 aromatic carbocycles. The van der Waals surface area contributed by atoms with Crippen LogP contribution in [0.5, 0.6) is 5.75 Å². The quantitative estimate of drug-likeness (QED) is 0.488. The lowest BCUT2D eigenvalue weighted by atomic mass is 9.86. The van der Waals surface area contributed by atoms with Gasteiger partial charge < -0.3 is 19.9 Å². The van der Waals surface area contributed by atoms with E-state index < -0.39 is 11.6 Å². The first-order chi connectivity index (χ1) is 18.4. The lowest BCUT2D eigenvalue weighted by molar-refractivity contribution is 0.255. The minimum absolute atomic E-state index is 0.115. The normalized spacial score (nSPS) is 17.8. The number of anilines is 2. The molecule has 0 atom stereocenters. The summed E-state index contributed by atoms with van der Waals surface area (Å²) in [6, 6.07) is 7.71. The lowest BCUT2D eigenvalue weighted by Crippen LogP contribution is -2.38. The minimum atomic E-state index is -0.564. The summed E-state index contributed by atoms with van der Waals surface area (Å²) in [6.07, 6.45) is 5.01. The predicted molar refractivity (Wildman–Crippen MR) is 146 cm³/mol. The molecule has 0 spiro atoms. The molecule has 1 fully saturated rings. The molecular weight excluding hydrogens is 484 g/mol. The molecule has 3 aromatic rings. The van der Waals surface area contributed by atoms with Gasteiger partial charge in [-0.1, -0.05) is 12.1 Å². The van der Waals surface area contributed by atoms with Crippen LogP contribution in [0.3, 0.4) is 0 Å². The standard InChI is InChI=1S/C30H35F2N5O/c1-18(2)37-12-13-38-30-24(31)14-21(15-26(30)37)28-25(32)17-34-27(35-28)16-20-4-5-22(29-23(20)6-9-33-29)19-7-10-36(3)11-8-19/h4-5,14-15,17-19,33H,6-13,16H2,1-3H3. The van der Waals surface area contributed by atoms with Crippen molar-refractivity contribution in [2.24, 2.45) is 0 Å². The number of hydrogen-bond donors (Lipinski definition) is 1. The molecule has 8 heteroatoms. The van der Waals surface area contributed by atoms with Crippen LogP contribution in [0.1, 0.15) is 55.1 Å². The van der Waals surface area contributed by atoms with Gasteiger partial charge in [0.15, 0.2) is 17.4 Å². The zero-order valence-corrected chi connectivity index (χ0v) is 22.4. The van der Waals surface area contributed by atoms with E-state index in [0.29, 0.717) is 42.6 Å². The van der Waals surface area contributed by atoms with Gasteiger partial charge in [-0.05, 0) is 88.0 Å². The molecule has 0 radical (unpaired) electrons. The molecule has 3 aliphatic heterocycles. The van der Waals surface area contributed by atoms with E-state index in [0.717, 1.165) is 31.6 Å². The number of likely N-dealkylation sites (tertiary alicyclic amines) is 1. The molecule has 0 unspecified atom stereocenters. The molecule has 0 amide bonds. The lowest BCUT2D eigenvalue weighted by Gasteiger charge is -2.34. The van der Waals surface area contributed by atoms with E-state index in [1.54, 1.807) is 6.07 Å². The molecule has 1 aromatic heterocycles. The summed E-state index contributed by atoms with van der Waals surface area (Å²) in [5.41, 5.74) is 6.30. The van der Waals surface area contributed by atoms with E-state index in [1.807, 2.05) is 13.8 Å². The number of nitrogens with zero attached hydrogens (tertiary/aromatic N) is 4. The Morgan fingerprint density at radius 3 is 2.71 bits per heavy atom. The molecule has 1 saturated heterocycles. The minimum Gasteiger partial charge on any atom is -0.486 e. The molecule has 6 rings (SSSR count). The van der Waals surface area contributed by atoms with Gasteiger partial charge in [0.05, 0.1) is 18.4 Å². The Balaban J connectivity index is 1.32. The molecule has 0 aliphatic carbocycles. The third-order valence-corrected chi connectivity index (χ3v) is 8.23. The van der Waals surface area contributed by atoms with Gasteiger partial charge in [0.25, 0.3) is 0 Å². The number of nitrogens with one attached hydrogen (secondary N) is 1. The van der Waals surface area contributed by atoms with Gasteiger partial charge in [0.1, 0.15) is 18.1 Å². The van der Waals surface area contributed by atoms with Crippen molar-refractivity contribution in [1.82, 2.24) is 14.9 Å². The molecule has 38 heavy (non-hydrogen) atoms. The first kappa shape index (κ1) is 25.0. The zero-order chi connectivity index (χ0) is 26.4. The van der Waals surface area contributed by atoms with Crippen molar-refractivity contribution in [3.05, 3.63) is 64.6 Å². The maximum absolute atomic E-state index is 15.1. The SMILES string of the molecule is CC(C)N1CCOc2c(F)cc(-c3nc(Cc4ccc(C5CCN(C)CC5)c5c4CCN5)ncc3F)cc21. The highest BCUT2D eigenvalue weighted by molar-refractivity contribution is 5.72. The average Bonchev–Trinajstić information content (AvgIpc) is 3.41. The second kappa shape index (κ2) is 10.1. The van der Waals surface area contributed by atoms with Crippen LogP contribution in [0.4, 0.5) is 20.2 Å². The fraction of sp³-hybridized carbons (Fsp3) is 0.467. The monoisotopic (exact) mass is 519 g/mol. The van der Waals surface area contributed by atoms with Crippen LogP contribution in [0.25, 0.3) is 11.3 Å². The number of hydrogen-bond acceptors (Lipinski definition) is 6. The van der Waals surface area contributed by atoms with Crippen LogP contribution in [-0.4, -0.2) is 60.7 Å². The first-order valence-corrected chi connectivity index (χ1v) is 13.7. The highest BCUT2D eigenvalue weighted by atomic mass is 19.1. The fourth-order valence-corrected chi connectivity index (χ4v) is 6.18. The number of rotatable bonds is 5. The summed E-state index contributed by atoms with van der Waals surface area (Å²) in [7, 11) is 2.19. The Hall–Kier alpha value is -3.26. The Labute approximate surface area is 223 Å². The number of benzene rings is 2. The van der Waals surface area contributed by atoms with Crippen molar-refractivity contribution >= 4 is 11.4 Å². The van der Waals surface area contributed by atoms with Crippen LogP contribution >= 0.6 is 0 Å². The summed E-state index contributed by atoms with van der Waals surface area (Å²) in [6.45, 7) is 8.34. The fourth-order valence-electron chi connectivity index (χ4n) is 6.18. The molecule has 6 nitrogen and oxygen atoms in total. The van der Waals surface area contributed by atoms with Crippen LogP contribution < -0.4 is 15.0 Å². The second-order valence-electron chi connectivity index (χ2n) is 11.0.